The molecule has 0 aliphatic rings. The first kappa shape index (κ1) is 15.2. The van der Waals surface area contributed by atoms with Gasteiger partial charge in [-0.2, -0.15) is 0 Å². The minimum atomic E-state index is -0.176. The monoisotopic (exact) mass is 421 g/mol. The second-order valence-electron chi connectivity index (χ2n) is 5.07. The molecule has 112 valence electrons. The van der Waals surface area contributed by atoms with Crippen molar-refractivity contribution in [3.05, 3.63) is 62.4 Å². The Balaban J connectivity index is 2.03. The van der Waals surface area contributed by atoms with Crippen molar-refractivity contribution in [3.8, 4) is 0 Å². The van der Waals surface area contributed by atoms with E-state index in [1.54, 1.807) is 0 Å². The average Bonchev–Trinajstić information content (AvgIpc) is 2.78. The van der Waals surface area contributed by atoms with Gasteiger partial charge in [-0.05, 0) is 65.7 Å². The molecular formula is C16H13Br2N3O. The van der Waals surface area contributed by atoms with E-state index in [0.29, 0.717) is 11.4 Å². The van der Waals surface area contributed by atoms with Crippen LogP contribution in [0.15, 0.2) is 45.5 Å². The van der Waals surface area contributed by atoms with E-state index in [0.717, 1.165) is 25.8 Å². The summed E-state index contributed by atoms with van der Waals surface area (Å²) in [6.07, 6.45) is 1.91. The maximum atomic E-state index is 12.6. The van der Waals surface area contributed by atoms with Gasteiger partial charge in [0.1, 0.15) is 5.69 Å². The number of fused-ring (bicyclic) bond motifs is 1. The van der Waals surface area contributed by atoms with Crippen LogP contribution in [0.2, 0.25) is 0 Å². The lowest BCUT2D eigenvalue weighted by Crippen LogP contribution is -2.15. The highest BCUT2D eigenvalue weighted by Gasteiger charge is 2.18. The zero-order valence-corrected chi connectivity index (χ0v) is 15.2. The Morgan fingerprint density at radius 2 is 1.86 bits per heavy atom. The summed E-state index contributed by atoms with van der Waals surface area (Å²) in [7, 11) is 0. The summed E-state index contributed by atoms with van der Waals surface area (Å²) in [6.45, 7) is 3.82. The first-order valence-electron chi connectivity index (χ1n) is 6.67. The van der Waals surface area contributed by atoms with Crippen LogP contribution in [0.1, 0.15) is 21.7 Å². The standard InChI is InChI=1S/C16H13Br2N3O/c1-9-7-13(18)15-19-10(2)14(21(15)8-9)16(22)20-12-5-3-11(17)4-6-12/h3-8H,1-2H3,(H,20,22). The van der Waals surface area contributed by atoms with Gasteiger partial charge in [0.2, 0.25) is 0 Å². The molecular weight excluding hydrogens is 410 g/mol. The molecule has 0 aliphatic carbocycles. The van der Waals surface area contributed by atoms with Crippen molar-refractivity contribution < 1.29 is 4.79 Å². The molecule has 0 saturated heterocycles. The van der Waals surface area contributed by atoms with E-state index < -0.39 is 0 Å². The zero-order chi connectivity index (χ0) is 15.9. The number of nitrogens with one attached hydrogen (secondary N) is 1. The van der Waals surface area contributed by atoms with Crippen molar-refractivity contribution >= 4 is 49.1 Å². The fraction of sp³-hybridized carbons (Fsp3) is 0.125. The molecule has 1 N–H and O–H groups in total. The van der Waals surface area contributed by atoms with E-state index in [9.17, 15) is 4.79 Å². The van der Waals surface area contributed by atoms with Crippen molar-refractivity contribution in [2.24, 2.45) is 0 Å². The molecule has 0 bridgehead atoms. The van der Waals surface area contributed by atoms with Crippen LogP contribution in [-0.4, -0.2) is 15.3 Å². The number of hydrogen-bond acceptors (Lipinski definition) is 2. The van der Waals surface area contributed by atoms with Crippen LogP contribution >= 0.6 is 31.9 Å². The quantitative estimate of drug-likeness (QED) is 0.648. The topological polar surface area (TPSA) is 46.4 Å². The Labute approximate surface area is 144 Å². The van der Waals surface area contributed by atoms with Crippen molar-refractivity contribution in [2.75, 3.05) is 5.32 Å². The van der Waals surface area contributed by atoms with Gasteiger partial charge in [0, 0.05) is 16.4 Å². The highest BCUT2D eigenvalue weighted by Crippen LogP contribution is 2.23. The second kappa shape index (κ2) is 5.85. The smallest absolute Gasteiger partial charge is 0.274 e. The van der Waals surface area contributed by atoms with Gasteiger partial charge in [-0.3, -0.25) is 9.20 Å². The zero-order valence-electron chi connectivity index (χ0n) is 12.0. The number of imidazole rings is 1. The lowest BCUT2D eigenvalue weighted by atomic mass is 10.2. The van der Waals surface area contributed by atoms with E-state index in [1.807, 2.05) is 54.8 Å². The predicted molar refractivity (Wildman–Crippen MR) is 94.5 cm³/mol. The van der Waals surface area contributed by atoms with Crippen LogP contribution in [0.4, 0.5) is 5.69 Å². The van der Waals surface area contributed by atoms with Crippen LogP contribution in [0.5, 0.6) is 0 Å². The third kappa shape index (κ3) is 2.80. The van der Waals surface area contributed by atoms with Gasteiger partial charge in [-0.15, -0.1) is 0 Å². The van der Waals surface area contributed by atoms with Gasteiger partial charge in [0.05, 0.1) is 10.2 Å². The number of carbonyl (C=O) groups excluding carboxylic acids is 1. The van der Waals surface area contributed by atoms with Gasteiger partial charge in [0.15, 0.2) is 5.65 Å². The molecule has 3 aromatic rings. The molecule has 0 saturated carbocycles. The van der Waals surface area contributed by atoms with E-state index in [4.69, 9.17) is 0 Å². The van der Waals surface area contributed by atoms with Crippen molar-refractivity contribution in [3.63, 3.8) is 0 Å². The summed E-state index contributed by atoms with van der Waals surface area (Å²) in [5.41, 5.74) is 3.77. The predicted octanol–water partition coefficient (Wildman–Crippen LogP) is 4.73. The largest absolute Gasteiger partial charge is 0.321 e. The Kier molecular flexibility index (Phi) is 4.06. The number of anilines is 1. The molecule has 3 rings (SSSR count). The lowest BCUT2D eigenvalue weighted by molar-refractivity contribution is 0.102. The molecule has 1 amide bonds. The number of aryl methyl sites for hydroxylation is 2. The van der Waals surface area contributed by atoms with Gasteiger partial charge >= 0.3 is 0 Å². The van der Waals surface area contributed by atoms with Crippen molar-refractivity contribution in [1.29, 1.82) is 0 Å². The third-order valence-corrected chi connectivity index (χ3v) is 4.42. The van der Waals surface area contributed by atoms with Crippen LogP contribution in [0, 0.1) is 13.8 Å². The van der Waals surface area contributed by atoms with Crippen LogP contribution in [-0.2, 0) is 0 Å². The lowest BCUT2D eigenvalue weighted by Gasteiger charge is -2.07. The molecule has 0 aliphatic heterocycles. The number of carbonyl (C=O) groups is 1. The Morgan fingerprint density at radius 1 is 1.18 bits per heavy atom. The summed E-state index contributed by atoms with van der Waals surface area (Å²) < 4.78 is 3.66. The number of amides is 1. The maximum Gasteiger partial charge on any atom is 0.274 e. The first-order chi connectivity index (χ1) is 10.5. The second-order valence-corrected chi connectivity index (χ2v) is 6.84. The molecule has 6 heteroatoms. The van der Waals surface area contributed by atoms with E-state index in [1.165, 1.54) is 0 Å². The van der Waals surface area contributed by atoms with Gasteiger partial charge in [-0.1, -0.05) is 15.9 Å². The molecule has 0 atom stereocenters. The number of nitrogens with zero attached hydrogens (tertiary/aromatic N) is 2. The maximum absolute atomic E-state index is 12.6. The number of benzene rings is 1. The van der Waals surface area contributed by atoms with Gasteiger partial charge < -0.3 is 5.32 Å². The minimum absolute atomic E-state index is 0.176. The number of hydrogen-bond donors (Lipinski definition) is 1. The summed E-state index contributed by atoms with van der Waals surface area (Å²) in [4.78, 5) is 17.1. The van der Waals surface area contributed by atoms with E-state index >= 15 is 0 Å². The molecule has 22 heavy (non-hydrogen) atoms. The molecule has 0 fully saturated rings. The molecule has 2 aromatic heterocycles. The number of pyridine rings is 1. The number of aromatic nitrogens is 2. The first-order valence-corrected chi connectivity index (χ1v) is 8.26. The molecule has 0 unspecified atom stereocenters. The summed E-state index contributed by atoms with van der Waals surface area (Å²) in [5.74, 6) is -0.176. The molecule has 4 nitrogen and oxygen atoms in total. The number of halogens is 2. The fourth-order valence-electron chi connectivity index (χ4n) is 2.34. The number of rotatable bonds is 2. The van der Waals surface area contributed by atoms with Gasteiger partial charge in [0.25, 0.3) is 5.91 Å². The fourth-order valence-corrected chi connectivity index (χ4v) is 3.25. The third-order valence-electron chi connectivity index (χ3n) is 3.30. The highest BCUT2D eigenvalue weighted by atomic mass is 79.9. The van der Waals surface area contributed by atoms with Crippen LogP contribution in [0.3, 0.4) is 0 Å². The van der Waals surface area contributed by atoms with E-state index in [2.05, 4.69) is 42.2 Å². The average molecular weight is 423 g/mol. The molecule has 1 aromatic carbocycles. The summed E-state index contributed by atoms with van der Waals surface area (Å²) >= 11 is 6.88. The Morgan fingerprint density at radius 3 is 2.55 bits per heavy atom. The van der Waals surface area contributed by atoms with Crippen LogP contribution < -0.4 is 5.32 Å². The van der Waals surface area contributed by atoms with Crippen molar-refractivity contribution in [1.82, 2.24) is 9.38 Å². The van der Waals surface area contributed by atoms with Crippen LogP contribution in [0.25, 0.3) is 5.65 Å². The molecule has 0 radical (unpaired) electrons. The molecule has 0 spiro atoms. The molecule has 2 heterocycles. The summed E-state index contributed by atoms with van der Waals surface area (Å²) in [5, 5.41) is 2.91. The van der Waals surface area contributed by atoms with E-state index in [-0.39, 0.29) is 5.91 Å². The normalized spacial score (nSPS) is 10.9. The Hall–Kier alpha value is -1.66. The van der Waals surface area contributed by atoms with Crippen molar-refractivity contribution in [2.45, 2.75) is 13.8 Å². The van der Waals surface area contributed by atoms with Gasteiger partial charge in [-0.25, -0.2) is 4.98 Å². The Bertz CT molecular complexity index is 869. The highest BCUT2D eigenvalue weighted by molar-refractivity contribution is 9.10. The summed E-state index contributed by atoms with van der Waals surface area (Å²) in [6, 6.07) is 9.46. The minimum Gasteiger partial charge on any atom is -0.321 e. The SMILES string of the molecule is Cc1cc(Br)c2nc(C)c(C(=O)Nc3ccc(Br)cc3)n2c1.